The van der Waals surface area contributed by atoms with Crippen molar-refractivity contribution in [3.05, 3.63) is 46.5 Å². The average molecular weight is 324 g/mol. The third kappa shape index (κ3) is 2.58. The fourth-order valence-corrected chi connectivity index (χ4v) is 3.27. The fourth-order valence-electron chi connectivity index (χ4n) is 3.27. The number of fused-ring (bicyclic) bond motifs is 1. The van der Waals surface area contributed by atoms with Crippen LogP contribution in [0.25, 0.3) is 0 Å². The Labute approximate surface area is 140 Å². The molecule has 1 aliphatic carbocycles. The van der Waals surface area contributed by atoms with Crippen LogP contribution in [-0.2, 0) is 11.2 Å². The highest BCUT2D eigenvalue weighted by molar-refractivity contribution is 5.96. The van der Waals surface area contributed by atoms with Gasteiger partial charge in [-0.3, -0.25) is 9.59 Å². The fraction of sp³-hybridized carbons (Fsp3) is 0.389. The number of anilines is 3. The second kappa shape index (κ2) is 5.78. The Balaban J connectivity index is 1.64. The van der Waals surface area contributed by atoms with E-state index in [1.807, 2.05) is 30.0 Å². The van der Waals surface area contributed by atoms with Crippen LogP contribution in [0.1, 0.15) is 37.8 Å². The molecule has 0 atom stereocenters. The Morgan fingerprint density at radius 3 is 2.83 bits per heavy atom. The van der Waals surface area contributed by atoms with Gasteiger partial charge in [0.2, 0.25) is 5.91 Å². The van der Waals surface area contributed by atoms with E-state index in [4.69, 9.17) is 0 Å². The van der Waals surface area contributed by atoms with Crippen LogP contribution in [0, 0.1) is 0 Å². The molecule has 124 valence electrons. The number of hydrogen-bond donors (Lipinski definition) is 1. The lowest BCUT2D eigenvalue weighted by molar-refractivity contribution is -0.118. The lowest BCUT2D eigenvalue weighted by Crippen LogP contribution is -2.34. The number of aromatic nitrogens is 2. The summed E-state index contributed by atoms with van der Waals surface area (Å²) in [6.45, 7) is 2.65. The van der Waals surface area contributed by atoms with E-state index in [0.717, 1.165) is 36.2 Å². The summed E-state index contributed by atoms with van der Waals surface area (Å²) >= 11 is 0. The van der Waals surface area contributed by atoms with E-state index in [0.29, 0.717) is 24.8 Å². The molecule has 1 N–H and O–H groups in total. The van der Waals surface area contributed by atoms with Crippen molar-refractivity contribution in [2.24, 2.45) is 0 Å². The van der Waals surface area contributed by atoms with Crippen molar-refractivity contribution in [1.29, 1.82) is 0 Å². The minimum atomic E-state index is -0.0805. The number of carbonyl (C=O) groups excluding carboxylic acids is 1. The van der Waals surface area contributed by atoms with Crippen molar-refractivity contribution >= 4 is 23.1 Å². The van der Waals surface area contributed by atoms with E-state index < -0.39 is 0 Å². The first-order chi connectivity index (χ1) is 11.7. The molecular formula is C18H20N4O2. The van der Waals surface area contributed by atoms with Gasteiger partial charge in [0.05, 0.1) is 0 Å². The zero-order valence-corrected chi connectivity index (χ0v) is 13.7. The summed E-state index contributed by atoms with van der Waals surface area (Å²) in [5.74, 6) is 0.520. The summed E-state index contributed by atoms with van der Waals surface area (Å²) in [4.78, 5) is 30.4. The van der Waals surface area contributed by atoms with Crippen molar-refractivity contribution in [3.63, 3.8) is 0 Å². The van der Waals surface area contributed by atoms with Crippen LogP contribution in [0.4, 0.5) is 17.2 Å². The standard InChI is InChI=1S/C18H20N4O2/c1-2-21-15-7-4-13(11-12(15)3-8-16(21)23)20-17-18(24)22(10-9-19-17)14-5-6-14/h4,7,9-11,14H,2-3,5-6,8H2,1H3,(H,19,20). The molecule has 6 heteroatoms. The molecule has 1 fully saturated rings. The molecule has 24 heavy (non-hydrogen) atoms. The van der Waals surface area contributed by atoms with Gasteiger partial charge in [-0.2, -0.15) is 0 Å². The van der Waals surface area contributed by atoms with E-state index >= 15 is 0 Å². The summed E-state index contributed by atoms with van der Waals surface area (Å²) in [5.41, 5.74) is 2.84. The van der Waals surface area contributed by atoms with Crippen LogP contribution in [0.2, 0.25) is 0 Å². The number of nitrogens with zero attached hydrogens (tertiary/aromatic N) is 3. The summed E-state index contributed by atoms with van der Waals surface area (Å²) in [6.07, 6.45) is 6.80. The molecule has 0 saturated heterocycles. The Hall–Kier alpha value is -2.63. The molecule has 0 bridgehead atoms. The zero-order chi connectivity index (χ0) is 16.7. The minimum Gasteiger partial charge on any atom is -0.336 e. The molecule has 0 radical (unpaired) electrons. The summed E-state index contributed by atoms with van der Waals surface area (Å²) in [5, 5.41) is 3.14. The molecule has 1 saturated carbocycles. The number of carbonyl (C=O) groups is 1. The molecule has 2 heterocycles. The minimum absolute atomic E-state index is 0.0805. The van der Waals surface area contributed by atoms with Gasteiger partial charge in [-0.15, -0.1) is 0 Å². The first-order valence-corrected chi connectivity index (χ1v) is 8.45. The van der Waals surface area contributed by atoms with Crippen LogP contribution in [0.15, 0.2) is 35.4 Å². The number of benzene rings is 1. The summed E-state index contributed by atoms with van der Waals surface area (Å²) in [7, 11) is 0. The average Bonchev–Trinajstić information content (AvgIpc) is 3.42. The predicted octanol–water partition coefficient (Wildman–Crippen LogP) is 2.62. The van der Waals surface area contributed by atoms with Gasteiger partial charge < -0.3 is 14.8 Å². The lowest BCUT2D eigenvalue weighted by Gasteiger charge is -2.28. The Bertz CT molecular complexity index is 854. The molecule has 0 spiro atoms. The van der Waals surface area contributed by atoms with Crippen molar-refractivity contribution in [3.8, 4) is 0 Å². The van der Waals surface area contributed by atoms with Crippen LogP contribution in [0.5, 0.6) is 0 Å². The maximum atomic E-state index is 12.5. The number of aryl methyl sites for hydroxylation is 1. The van der Waals surface area contributed by atoms with Gasteiger partial charge in [0.1, 0.15) is 0 Å². The van der Waals surface area contributed by atoms with Gasteiger partial charge in [0.25, 0.3) is 5.56 Å². The van der Waals surface area contributed by atoms with Crippen molar-refractivity contribution in [2.45, 2.75) is 38.6 Å². The SMILES string of the molecule is CCN1C(=O)CCc2cc(Nc3nccn(C4CC4)c3=O)ccc21. The molecule has 1 aliphatic heterocycles. The predicted molar refractivity (Wildman–Crippen MR) is 92.8 cm³/mol. The van der Waals surface area contributed by atoms with Gasteiger partial charge in [-0.1, -0.05) is 0 Å². The highest BCUT2D eigenvalue weighted by atomic mass is 16.2. The molecule has 4 rings (SSSR count). The van der Waals surface area contributed by atoms with Gasteiger partial charge in [0.15, 0.2) is 5.82 Å². The van der Waals surface area contributed by atoms with Gasteiger partial charge >= 0.3 is 0 Å². The summed E-state index contributed by atoms with van der Waals surface area (Å²) < 4.78 is 1.76. The molecule has 1 aromatic heterocycles. The van der Waals surface area contributed by atoms with Crippen molar-refractivity contribution in [1.82, 2.24) is 9.55 Å². The van der Waals surface area contributed by atoms with Gasteiger partial charge in [-0.05, 0) is 49.9 Å². The van der Waals surface area contributed by atoms with E-state index in [1.165, 1.54) is 0 Å². The van der Waals surface area contributed by atoms with Gasteiger partial charge in [-0.25, -0.2) is 4.98 Å². The van der Waals surface area contributed by atoms with Crippen LogP contribution in [0.3, 0.4) is 0 Å². The second-order valence-corrected chi connectivity index (χ2v) is 6.33. The molecule has 2 aliphatic rings. The molecule has 1 aromatic carbocycles. The maximum Gasteiger partial charge on any atom is 0.293 e. The third-order valence-corrected chi connectivity index (χ3v) is 4.67. The number of nitrogens with one attached hydrogen (secondary N) is 1. The van der Waals surface area contributed by atoms with Crippen LogP contribution < -0.4 is 15.8 Å². The molecule has 1 amide bonds. The van der Waals surface area contributed by atoms with E-state index in [2.05, 4.69) is 10.3 Å². The number of amides is 1. The number of hydrogen-bond acceptors (Lipinski definition) is 4. The van der Waals surface area contributed by atoms with E-state index in [9.17, 15) is 9.59 Å². The van der Waals surface area contributed by atoms with Crippen LogP contribution in [-0.4, -0.2) is 22.0 Å². The first-order valence-electron chi connectivity index (χ1n) is 8.45. The third-order valence-electron chi connectivity index (χ3n) is 4.67. The largest absolute Gasteiger partial charge is 0.336 e. The van der Waals surface area contributed by atoms with Crippen LogP contribution >= 0.6 is 0 Å². The normalized spacial score (nSPS) is 16.9. The van der Waals surface area contributed by atoms with E-state index in [1.54, 1.807) is 17.0 Å². The first kappa shape index (κ1) is 14.9. The van der Waals surface area contributed by atoms with E-state index in [-0.39, 0.29) is 11.5 Å². The quantitative estimate of drug-likeness (QED) is 0.939. The lowest BCUT2D eigenvalue weighted by atomic mass is 10.0. The smallest absolute Gasteiger partial charge is 0.293 e. The molecule has 0 unspecified atom stereocenters. The highest BCUT2D eigenvalue weighted by Gasteiger charge is 2.26. The molecular weight excluding hydrogens is 304 g/mol. The highest BCUT2D eigenvalue weighted by Crippen LogP contribution is 2.34. The Kier molecular flexibility index (Phi) is 3.59. The Morgan fingerprint density at radius 1 is 1.25 bits per heavy atom. The monoisotopic (exact) mass is 324 g/mol. The van der Waals surface area contributed by atoms with Crippen molar-refractivity contribution < 1.29 is 4.79 Å². The number of rotatable bonds is 4. The van der Waals surface area contributed by atoms with Gasteiger partial charge in [0, 0.05) is 42.8 Å². The molecule has 6 nitrogen and oxygen atoms in total. The maximum absolute atomic E-state index is 12.5. The molecule has 2 aromatic rings. The van der Waals surface area contributed by atoms with Crippen molar-refractivity contribution in [2.75, 3.05) is 16.8 Å². The summed E-state index contributed by atoms with van der Waals surface area (Å²) in [6, 6.07) is 6.18. The Morgan fingerprint density at radius 2 is 2.08 bits per heavy atom. The topological polar surface area (TPSA) is 67.2 Å². The second-order valence-electron chi connectivity index (χ2n) is 6.33. The zero-order valence-electron chi connectivity index (χ0n) is 13.7.